The van der Waals surface area contributed by atoms with Gasteiger partial charge in [-0.2, -0.15) is 5.10 Å². The lowest BCUT2D eigenvalue weighted by atomic mass is 10.1. The highest BCUT2D eigenvalue weighted by atomic mass is 35.5. The van der Waals surface area contributed by atoms with Gasteiger partial charge in [-0.25, -0.2) is 13.3 Å². The van der Waals surface area contributed by atoms with Gasteiger partial charge in [0.1, 0.15) is 17.1 Å². The molecule has 0 radical (unpaired) electrons. The number of hydrogen-bond acceptors (Lipinski definition) is 3. The predicted molar refractivity (Wildman–Crippen MR) is 90.0 cm³/mol. The van der Waals surface area contributed by atoms with Gasteiger partial charge in [-0.1, -0.05) is 11.6 Å². The minimum atomic E-state index is -0.601. The molecule has 0 bridgehead atoms. The molecule has 4 nitrogen and oxygen atoms in total. The molecule has 1 fully saturated rings. The summed E-state index contributed by atoms with van der Waals surface area (Å²) in [4.78, 5) is 0. The molecule has 3 heterocycles. The van der Waals surface area contributed by atoms with Crippen LogP contribution in [0.25, 0.3) is 16.6 Å². The van der Waals surface area contributed by atoms with Crippen molar-refractivity contribution in [1.29, 1.82) is 0 Å². The smallest absolute Gasteiger partial charge is 0.168 e. The summed E-state index contributed by atoms with van der Waals surface area (Å²) in [5.41, 5.74) is 1.06. The van der Waals surface area contributed by atoms with Crippen molar-refractivity contribution < 1.29 is 18.3 Å². The maximum atomic E-state index is 14.5. The van der Waals surface area contributed by atoms with E-state index in [9.17, 15) is 8.78 Å². The minimum Gasteiger partial charge on any atom is -0.493 e. The van der Waals surface area contributed by atoms with Gasteiger partial charge in [-0.05, 0) is 30.7 Å². The number of benzene rings is 1. The highest BCUT2D eigenvalue weighted by Crippen LogP contribution is 2.36. The summed E-state index contributed by atoms with van der Waals surface area (Å²) in [6.45, 7) is 1.83. The topological polar surface area (TPSA) is 35.8 Å². The summed E-state index contributed by atoms with van der Waals surface area (Å²) in [6.07, 6.45) is 3.96. The van der Waals surface area contributed by atoms with Crippen LogP contribution in [0.15, 0.2) is 36.7 Å². The first-order valence-corrected chi connectivity index (χ1v) is 8.33. The van der Waals surface area contributed by atoms with E-state index in [1.165, 1.54) is 28.9 Å². The average Bonchev–Trinajstić information content (AvgIpc) is 3.26. The van der Waals surface area contributed by atoms with E-state index < -0.39 is 11.6 Å². The lowest BCUT2D eigenvalue weighted by Gasteiger charge is -2.14. The van der Waals surface area contributed by atoms with E-state index in [1.54, 1.807) is 12.3 Å². The number of fused-ring (bicyclic) bond motifs is 1. The normalized spacial score (nSPS) is 17.3. The Balaban J connectivity index is 1.76. The van der Waals surface area contributed by atoms with Gasteiger partial charge in [0, 0.05) is 29.8 Å². The van der Waals surface area contributed by atoms with E-state index in [4.69, 9.17) is 21.1 Å². The summed E-state index contributed by atoms with van der Waals surface area (Å²) in [5.74, 6) is -0.264. The Morgan fingerprint density at radius 3 is 2.96 bits per heavy atom. The first-order chi connectivity index (χ1) is 12.1. The van der Waals surface area contributed by atoms with Gasteiger partial charge in [0.05, 0.1) is 24.4 Å². The van der Waals surface area contributed by atoms with Crippen LogP contribution in [0.4, 0.5) is 8.78 Å². The first kappa shape index (κ1) is 16.3. The van der Waals surface area contributed by atoms with E-state index >= 15 is 0 Å². The molecule has 0 amide bonds. The number of rotatable bonds is 4. The fourth-order valence-electron chi connectivity index (χ4n) is 2.97. The average molecular weight is 365 g/mol. The van der Waals surface area contributed by atoms with E-state index in [1.807, 2.05) is 0 Å². The van der Waals surface area contributed by atoms with Gasteiger partial charge in [-0.15, -0.1) is 0 Å². The van der Waals surface area contributed by atoms with Crippen LogP contribution in [0.1, 0.15) is 6.42 Å². The van der Waals surface area contributed by atoms with E-state index in [2.05, 4.69) is 5.10 Å². The maximum absolute atomic E-state index is 14.5. The van der Waals surface area contributed by atoms with Gasteiger partial charge in [0.25, 0.3) is 0 Å². The van der Waals surface area contributed by atoms with Crippen LogP contribution in [0.3, 0.4) is 0 Å². The first-order valence-electron chi connectivity index (χ1n) is 7.95. The van der Waals surface area contributed by atoms with Gasteiger partial charge in [-0.3, -0.25) is 0 Å². The van der Waals surface area contributed by atoms with Crippen molar-refractivity contribution in [3.8, 4) is 16.9 Å². The van der Waals surface area contributed by atoms with Crippen LogP contribution >= 0.6 is 11.6 Å². The molecule has 1 unspecified atom stereocenters. The third-order valence-corrected chi connectivity index (χ3v) is 4.60. The van der Waals surface area contributed by atoms with Crippen molar-refractivity contribution in [3.63, 3.8) is 0 Å². The molecule has 1 aromatic carbocycles. The summed E-state index contributed by atoms with van der Waals surface area (Å²) in [5, 5.41) is 4.11. The van der Waals surface area contributed by atoms with Crippen molar-refractivity contribution in [1.82, 2.24) is 9.61 Å². The third kappa shape index (κ3) is 3.07. The van der Waals surface area contributed by atoms with Crippen LogP contribution < -0.4 is 4.74 Å². The second-order valence-corrected chi connectivity index (χ2v) is 6.42. The number of nitrogens with zero attached hydrogens (tertiary/aromatic N) is 2. The third-order valence-electron chi connectivity index (χ3n) is 4.31. The molecule has 0 N–H and O–H groups in total. The minimum absolute atomic E-state index is 0.0174. The lowest BCUT2D eigenvalue weighted by molar-refractivity contribution is 0.167. The zero-order chi connectivity index (χ0) is 17.4. The van der Waals surface area contributed by atoms with Crippen molar-refractivity contribution in [2.24, 2.45) is 5.92 Å². The molecule has 1 saturated heterocycles. The number of halogens is 3. The predicted octanol–water partition coefficient (Wildman–Crippen LogP) is 4.35. The largest absolute Gasteiger partial charge is 0.493 e. The molecule has 1 atom stereocenters. The van der Waals surface area contributed by atoms with E-state index in [-0.39, 0.29) is 10.5 Å². The van der Waals surface area contributed by atoms with Crippen LogP contribution in [0.5, 0.6) is 5.75 Å². The second-order valence-electron chi connectivity index (χ2n) is 6.01. The SMILES string of the molecule is Fc1ccc(OCC2CCOC2)c(-c2cnn3ccc(Cl)c(F)c23)c1. The fourth-order valence-corrected chi connectivity index (χ4v) is 3.12. The van der Waals surface area contributed by atoms with E-state index in [0.717, 1.165) is 13.0 Å². The number of ether oxygens (including phenoxy) is 2. The Morgan fingerprint density at radius 1 is 1.28 bits per heavy atom. The van der Waals surface area contributed by atoms with Crippen LogP contribution in [-0.2, 0) is 4.74 Å². The quantitative estimate of drug-likeness (QED) is 0.690. The Kier molecular flexibility index (Phi) is 4.31. The van der Waals surface area contributed by atoms with E-state index in [0.29, 0.717) is 36.0 Å². The van der Waals surface area contributed by atoms with Crippen molar-refractivity contribution in [2.75, 3.05) is 19.8 Å². The molecule has 7 heteroatoms. The Hall–Kier alpha value is -2.18. The highest BCUT2D eigenvalue weighted by molar-refractivity contribution is 6.31. The van der Waals surface area contributed by atoms with Gasteiger partial charge in [0.2, 0.25) is 0 Å². The molecule has 130 valence electrons. The molecule has 0 aliphatic carbocycles. The van der Waals surface area contributed by atoms with Crippen molar-refractivity contribution >= 4 is 17.1 Å². The molecule has 25 heavy (non-hydrogen) atoms. The van der Waals surface area contributed by atoms with Crippen molar-refractivity contribution in [3.05, 3.63) is 53.3 Å². The Labute approximate surface area is 147 Å². The summed E-state index contributed by atoms with van der Waals surface area (Å²) < 4.78 is 40.9. The number of hydrogen-bond donors (Lipinski definition) is 0. The molecular weight excluding hydrogens is 350 g/mol. The van der Waals surface area contributed by atoms with Crippen molar-refractivity contribution in [2.45, 2.75) is 6.42 Å². The lowest BCUT2D eigenvalue weighted by Crippen LogP contribution is -2.12. The second kappa shape index (κ2) is 6.61. The number of aromatic nitrogens is 2. The van der Waals surface area contributed by atoms with Crippen LogP contribution in [0.2, 0.25) is 5.02 Å². The summed E-state index contributed by atoms with van der Waals surface area (Å²) >= 11 is 5.89. The number of pyridine rings is 1. The summed E-state index contributed by atoms with van der Waals surface area (Å²) in [6, 6.07) is 5.60. The molecule has 4 rings (SSSR count). The molecular formula is C18H15ClF2N2O2. The Bertz CT molecular complexity index is 923. The molecule has 0 spiro atoms. The van der Waals surface area contributed by atoms with Gasteiger partial charge < -0.3 is 9.47 Å². The van der Waals surface area contributed by atoms with Crippen LogP contribution in [0, 0.1) is 17.6 Å². The molecule has 2 aromatic heterocycles. The maximum Gasteiger partial charge on any atom is 0.168 e. The Morgan fingerprint density at radius 2 is 2.16 bits per heavy atom. The monoisotopic (exact) mass is 364 g/mol. The summed E-state index contributed by atoms with van der Waals surface area (Å²) in [7, 11) is 0. The van der Waals surface area contributed by atoms with Gasteiger partial charge in [0.15, 0.2) is 5.82 Å². The molecule has 3 aromatic rings. The molecule has 1 aliphatic rings. The van der Waals surface area contributed by atoms with Gasteiger partial charge >= 0.3 is 0 Å². The van der Waals surface area contributed by atoms with Crippen LogP contribution in [-0.4, -0.2) is 29.4 Å². The molecule has 0 saturated carbocycles. The zero-order valence-corrected chi connectivity index (χ0v) is 14.0. The molecule has 1 aliphatic heterocycles. The fraction of sp³-hybridized carbons (Fsp3) is 0.278. The highest BCUT2D eigenvalue weighted by Gasteiger charge is 2.20. The standard InChI is InChI=1S/C18H15ClF2N2O2/c19-15-3-5-23-18(17(15)21)14(8-22-23)13-7-12(20)1-2-16(13)25-10-11-4-6-24-9-11/h1-3,5,7-8,11H,4,6,9-10H2. The zero-order valence-electron chi connectivity index (χ0n) is 13.2.